The van der Waals surface area contributed by atoms with Gasteiger partial charge in [0.2, 0.25) is 0 Å². The van der Waals surface area contributed by atoms with E-state index >= 15 is 0 Å². The number of hydrogen-bond donors (Lipinski definition) is 0. The molecule has 15 heavy (non-hydrogen) atoms. The summed E-state index contributed by atoms with van der Waals surface area (Å²) in [6.07, 6.45) is 3.42. The van der Waals surface area contributed by atoms with Gasteiger partial charge in [-0.15, -0.1) is 0 Å². The van der Waals surface area contributed by atoms with Crippen molar-refractivity contribution in [3.8, 4) is 6.07 Å². The second kappa shape index (κ2) is 3.86. The topological polar surface area (TPSA) is 40.9 Å². The minimum absolute atomic E-state index is 0.00287. The van der Waals surface area contributed by atoms with E-state index in [1.807, 2.05) is 18.2 Å². The molecule has 1 saturated carbocycles. The Kier molecular flexibility index (Phi) is 2.55. The summed E-state index contributed by atoms with van der Waals surface area (Å²) in [5.74, 6) is 0.00287. The lowest BCUT2D eigenvalue weighted by molar-refractivity contribution is 0.0865. The van der Waals surface area contributed by atoms with E-state index in [1.165, 1.54) is 0 Å². The zero-order valence-electron chi connectivity index (χ0n) is 8.57. The molecule has 0 radical (unpaired) electrons. The predicted octanol–water partition coefficient (Wildman–Crippen LogP) is 2.95. The van der Waals surface area contributed by atoms with Gasteiger partial charge < -0.3 is 0 Å². The number of benzene rings is 1. The Morgan fingerprint density at radius 3 is 2.33 bits per heavy atom. The third kappa shape index (κ3) is 1.66. The molecule has 0 unspecified atom stereocenters. The lowest BCUT2D eigenvalue weighted by atomic mass is 9.80. The maximum absolute atomic E-state index is 12.2. The van der Waals surface area contributed by atoms with Crippen LogP contribution in [0.5, 0.6) is 0 Å². The quantitative estimate of drug-likeness (QED) is 0.687. The van der Waals surface area contributed by atoms with Crippen LogP contribution in [0.2, 0.25) is 0 Å². The van der Waals surface area contributed by atoms with Crippen LogP contribution in [0.25, 0.3) is 0 Å². The molecule has 76 valence electrons. The Morgan fingerprint density at radius 2 is 1.80 bits per heavy atom. The minimum Gasteiger partial charge on any atom is -0.292 e. The molecule has 0 N–H and O–H groups in total. The van der Waals surface area contributed by atoms with Gasteiger partial charge in [0.25, 0.3) is 0 Å². The largest absolute Gasteiger partial charge is 0.292 e. The predicted molar refractivity (Wildman–Crippen MR) is 57.3 cm³/mol. The molecule has 0 spiro atoms. The zero-order valence-corrected chi connectivity index (χ0v) is 8.57. The van der Waals surface area contributed by atoms with Crippen LogP contribution in [-0.4, -0.2) is 5.78 Å². The van der Waals surface area contributed by atoms with Gasteiger partial charge >= 0.3 is 0 Å². The van der Waals surface area contributed by atoms with E-state index < -0.39 is 5.41 Å². The fourth-order valence-electron chi connectivity index (χ4n) is 2.23. The van der Waals surface area contributed by atoms with E-state index in [0.29, 0.717) is 5.56 Å². The summed E-state index contributed by atoms with van der Waals surface area (Å²) >= 11 is 0. The Morgan fingerprint density at radius 1 is 1.20 bits per heavy atom. The second-order valence-corrected chi connectivity index (χ2v) is 4.10. The second-order valence-electron chi connectivity index (χ2n) is 4.10. The summed E-state index contributed by atoms with van der Waals surface area (Å²) in [7, 11) is 0. The van der Waals surface area contributed by atoms with Gasteiger partial charge in [-0.05, 0) is 12.8 Å². The first-order valence-electron chi connectivity index (χ1n) is 5.30. The van der Waals surface area contributed by atoms with E-state index in [2.05, 4.69) is 6.07 Å². The van der Waals surface area contributed by atoms with Gasteiger partial charge in [0, 0.05) is 5.56 Å². The van der Waals surface area contributed by atoms with Crippen LogP contribution in [0, 0.1) is 16.7 Å². The Labute approximate surface area is 89.5 Å². The van der Waals surface area contributed by atoms with Crippen molar-refractivity contribution in [1.82, 2.24) is 0 Å². The highest BCUT2D eigenvalue weighted by Crippen LogP contribution is 2.40. The molecule has 0 aliphatic heterocycles. The lowest BCUT2D eigenvalue weighted by Crippen LogP contribution is -2.26. The van der Waals surface area contributed by atoms with Crippen molar-refractivity contribution in [2.45, 2.75) is 25.7 Å². The van der Waals surface area contributed by atoms with Crippen LogP contribution in [-0.2, 0) is 0 Å². The maximum Gasteiger partial charge on any atom is 0.183 e. The van der Waals surface area contributed by atoms with Gasteiger partial charge in [-0.2, -0.15) is 5.26 Å². The molecule has 0 bridgehead atoms. The highest BCUT2D eigenvalue weighted by molar-refractivity contribution is 6.02. The lowest BCUT2D eigenvalue weighted by Gasteiger charge is -2.18. The number of Topliss-reactive ketones (excluding diaryl/α,β-unsaturated/α-hetero) is 1. The molecule has 0 saturated heterocycles. The molecule has 1 aliphatic rings. The molecule has 1 aromatic rings. The van der Waals surface area contributed by atoms with Gasteiger partial charge in [-0.3, -0.25) is 4.79 Å². The Bertz CT molecular complexity index is 396. The Hall–Kier alpha value is -1.62. The number of carbonyl (C=O) groups excluding carboxylic acids is 1. The van der Waals surface area contributed by atoms with Crippen molar-refractivity contribution < 1.29 is 4.79 Å². The summed E-state index contributed by atoms with van der Waals surface area (Å²) in [6.45, 7) is 0. The average Bonchev–Trinajstić information content (AvgIpc) is 2.79. The molecule has 0 aromatic heterocycles. The zero-order chi connectivity index (χ0) is 10.7. The molecule has 2 heteroatoms. The molecule has 0 amide bonds. The van der Waals surface area contributed by atoms with Gasteiger partial charge in [0.1, 0.15) is 5.41 Å². The maximum atomic E-state index is 12.2. The van der Waals surface area contributed by atoms with Crippen LogP contribution < -0.4 is 0 Å². The number of nitriles is 1. The molecule has 0 atom stereocenters. The summed E-state index contributed by atoms with van der Waals surface area (Å²) in [5.41, 5.74) is -0.0672. The summed E-state index contributed by atoms with van der Waals surface area (Å²) in [6, 6.07) is 11.4. The normalized spacial score (nSPS) is 18.3. The molecule has 0 heterocycles. The number of carbonyl (C=O) groups is 1. The van der Waals surface area contributed by atoms with Crippen LogP contribution in [0.15, 0.2) is 30.3 Å². The number of nitrogens with zero attached hydrogens (tertiary/aromatic N) is 1. The van der Waals surface area contributed by atoms with Gasteiger partial charge in [0.15, 0.2) is 5.78 Å². The fraction of sp³-hybridized carbons (Fsp3) is 0.385. The minimum atomic E-state index is -0.735. The summed E-state index contributed by atoms with van der Waals surface area (Å²) in [5, 5.41) is 9.18. The molecule has 2 nitrogen and oxygen atoms in total. The molecule has 2 rings (SSSR count). The van der Waals surface area contributed by atoms with Crippen LogP contribution in [0.3, 0.4) is 0 Å². The third-order valence-electron chi connectivity index (χ3n) is 3.14. The van der Waals surface area contributed by atoms with E-state index in [4.69, 9.17) is 0 Å². The molecule has 1 aromatic carbocycles. The fourth-order valence-corrected chi connectivity index (χ4v) is 2.23. The van der Waals surface area contributed by atoms with Crippen LogP contribution in [0.1, 0.15) is 36.0 Å². The summed E-state index contributed by atoms with van der Waals surface area (Å²) in [4.78, 5) is 12.2. The van der Waals surface area contributed by atoms with Crippen LogP contribution in [0.4, 0.5) is 0 Å². The van der Waals surface area contributed by atoms with E-state index in [9.17, 15) is 10.1 Å². The monoisotopic (exact) mass is 199 g/mol. The van der Waals surface area contributed by atoms with Crippen molar-refractivity contribution >= 4 is 5.78 Å². The highest BCUT2D eigenvalue weighted by atomic mass is 16.1. The first-order chi connectivity index (χ1) is 7.28. The van der Waals surface area contributed by atoms with Crippen molar-refractivity contribution in [3.05, 3.63) is 35.9 Å². The van der Waals surface area contributed by atoms with Crippen molar-refractivity contribution in [1.29, 1.82) is 5.26 Å². The molecule has 1 aliphatic carbocycles. The highest BCUT2D eigenvalue weighted by Gasteiger charge is 2.41. The Balaban J connectivity index is 2.32. The molecular weight excluding hydrogens is 186 g/mol. The van der Waals surface area contributed by atoms with Crippen molar-refractivity contribution in [2.24, 2.45) is 5.41 Å². The van der Waals surface area contributed by atoms with E-state index in [0.717, 1.165) is 25.7 Å². The summed E-state index contributed by atoms with van der Waals surface area (Å²) < 4.78 is 0. The molecule has 1 fully saturated rings. The average molecular weight is 199 g/mol. The van der Waals surface area contributed by atoms with E-state index in [-0.39, 0.29) is 5.78 Å². The SMILES string of the molecule is N#CC1(C(=O)c2ccccc2)CCCC1. The third-order valence-corrected chi connectivity index (χ3v) is 3.14. The first kappa shape index (κ1) is 9.92. The van der Waals surface area contributed by atoms with Gasteiger partial charge in [-0.25, -0.2) is 0 Å². The molecular formula is C13H13NO. The van der Waals surface area contributed by atoms with Gasteiger partial charge in [0.05, 0.1) is 6.07 Å². The van der Waals surface area contributed by atoms with Gasteiger partial charge in [-0.1, -0.05) is 43.2 Å². The van der Waals surface area contributed by atoms with Crippen molar-refractivity contribution in [2.75, 3.05) is 0 Å². The van der Waals surface area contributed by atoms with E-state index in [1.54, 1.807) is 12.1 Å². The number of ketones is 1. The smallest absolute Gasteiger partial charge is 0.183 e. The number of hydrogen-bond acceptors (Lipinski definition) is 2. The van der Waals surface area contributed by atoms with Crippen LogP contribution >= 0.6 is 0 Å². The first-order valence-corrected chi connectivity index (χ1v) is 5.30. The number of rotatable bonds is 2. The van der Waals surface area contributed by atoms with Crippen molar-refractivity contribution in [3.63, 3.8) is 0 Å². The standard InChI is InChI=1S/C13H13NO/c14-10-13(8-4-5-9-13)12(15)11-6-2-1-3-7-11/h1-3,6-7H,4-5,8-9H2.